The smallest absolute Gasteiger partial charge is 0.274 e. The maximum atomic E-state index is 11.4. The molecule has 6 heteroatoms. The van der Waals surface area contributed by atoms with Crippen LogP contribution < -0.4 is 16.0 Å². The van der Waals surface area contributed by atoms with E-state index < -0.39 is 6.10 Å². The van der Waals surface area contributed by atoms with Crippen molar-refractivity contribution < 1.29 is 9.53 Å². The largest absolute Gasteiger partial charge is 0.480 e. The molecule has 0 spiro atoms. The van der Waals surface area contributed by atoms with Gasteiger partial charge in [0.1, 0.15) is 5.75 Å². The van der Waals surface area contributed by atoms with Gasteiger partial charge in [-0.05, 0) is 24.6 Å². The molecule has 17 heavy (non-hydrogen) atoms. The Balaban J connectivity index is 2.81. The van der Waals surface area contributed by atoms with E-state index in [1.165, 1.54) is 0 Å². The lowest BCUT2D eigenvalue weighted by molar-refractivity contribution is -0.128. The Kier molecular flexibility index (Phi) is 5.55. The molecule has 1 aromatic rings. The lowest BCUT2D eigenvalue weighted by Crippen LogP contribution is -2.42. The van der Waals surface area contributed by atoms with E-state index >= 15 is 0 Å². The standard InChI is InChI=1S/C11H14Cl2N2O2/c1-2-3-10(11(16)15-14)17-9-5-7(12)4-8(13)6-9/h4-6,10H,2-3,14H2,1H3,(H,15,16). The lowest BCUT2D eigenvalue weighted by Gasteiger charge is -2.17. The number of hydrogen-bond donors (Lipinski definition) is 2. The second-order valence-corrected chi connectivity index (χ2v) is 4.38. The highest BCUT2D eigenvalue weighted by molar-refractivity contribution is 6.34. The molecule has 0 aliphatic rings. The number of amides is 1. The van der Waals surface area contributed by atoms with Crippen LogP contribution in [0.5, 0.6) is 5.75 Å². The molecule has 0 saturated heterocycles. The zero-order chi connectivity index (χ0) is 12.8. The molecular weight excluding hydrogens is 263 g/mol. The SMILES string of the molecule is CCCC(Oc1cc(Cl)cc(Cl)c1)C(=O)NN. The predicted molar refractivity (Wildman–Crippen MR) is 68.1 cm³/mol. The van der Waals surface area contributed by atoms with E-state index in [-0.39, 0.29) is 5.91 Å². The van der Waals surface area contributed by atoms with E-state index in [9.17, 15) is 4.79 Å². The summed E-state index contributed by atoms with van der Waals surface area (Å²) in [4.78, 5) is 11.4. The fraction of sp³-hybridized carbons (Fsp3) is 0.364. The molecule has 1 atom stereocenters. The van der Waals surface area contributed by atoms with Gasteiger partial charge in [-0.2, -0.15) is 0 Å². The maximum absolute atomic E-state index is 11.4. The van der Waals surface area contributed by atoms with Gasteiger partial charge in [0.2, 0.25) is 0 Å². The average Bonchev–Trinajstić information content (AvgIpc) is 2.26. The number of nitrogens with two attached hydrogens (primary N) is 1. The van der Waals surface area contributed by atoms with Crippen molar-refractivity contribution in [3.05, 3.63) is 28.2 Å². The number of ether oxygens (including phenoxy) is 1. The number of halogens is 2. The number of nitrogens with one attached hydrogen (secondary N) is 1. The third-order valence-corrected chi connectivity index (χ3v) is 2.54. The summed E-state index contributed by atoms with van der Waals surface area (Å²) in [5.74, 6) is 5.16. The summed E-state index contributed by atoms with van der Waals surface area (Å²) in [5, 5.41) is 0.909. The normalized spacial score (nSPS) is 12.0. The summed E-state index contributed by atoms with van der Waals surface area (Å²) in [6, 6.07) is 4.79. The third-order valence-electron chi connectivity index (χ3n) is 2.10. The van der Waals surface area contributed by atoms with E-state index in [0.717, 1.165) is 6.42 Å². The van der Waals surface area contributed by atoms with E-state index in [1.54, 1.807) is 18.2 Å². The van der Waals surface area contributed by atoms with Gasteiger partial charge in [-0.25, -0.2) is 5.84 Å². The zero-order valence-electron chi connectivity index (χ0n) is 9.37. The van der Waals surface area contributed by atoms with Crippen LogP contribution in [0, 0.1) is 0 Å². The Morgan fingerprint density at radius 2 is 2.00 bits per heavy atom. The average molecular weight is 277 g/mol. The molecule has 0 saturated carbocycles. The highest BCUT2D eigenvalue weighted by Gasteiger charge is 2.18. The van der Waals surface area contributed by atoms with Gasteiger partial charge in [0, 0.05) is 10.0 Å². The summed E-state index contributed by atoms with van der Waals surface area (Å²) in [6.45, 7) is 1.95. The van der Waals surface area contributed by atoms with Crippen LogP contribution in [0.2, 0.25) is 10.0 Å². The topological polar surface area (TPSA) is 64.3 Å². The van der Waals surface area contributed by atoms with Gasteiger partial charge in [0.15, 0.2) is 6.10 Å². The third kappa shape index (κ3) is 4.42. The molecule has 3 N–H and O–H groups in total. The van der Waals surface area contributed by atoms with Gasteiger partial charge in [0.25, 0.3) is 5.91 Å². The van der Waals surface area contributed by atoms with E-state index in [4.69, 9.17) is 33.8 Å². The second kappa shape index (κ2) is 6.69. The molecule has 0 heterocycles. The molecular formula is C11H14Cl2N2O2. The van der Waals surface area contributed by atoms with Crippen LogP contribution in [0.1, 0.15) is 19.8 Å². The number of carbonyl (C=O) groups excluding carboxylic acids is 1. The van der Waals surface area contributed by atoms with Crippen molar-refractivity contribution in [2.75, 3.05) is 0 Å². The molecule has 0 aliphatic carbocycles. The van der Waals surface area contributed by atoms with Gasteiger partial charge in [-0.15, -0.1) is 0 Å². The number of hydrazine groups is 1. The van der Waals surface area contributed by atoms with Gasteiger partial charge >= 0.3 is 0 Å². The number of hydrogen-bond acceptors (Lipinski definition) is 3. The molecule has 0 fully saturated rings. The molecule has 1 unspecified atom stereocenters. The summed E-state index contributed by atoms with van der Waals surface area (Å²) >= 11 is 11.7. The molecule has 0 radical (unpaired) electrons. The van der Waals surface area contributed by atoms with Crippen LogP contribution >= 0.6 is 23.2 Å². The van der Waals surface area contributed by atoms with Crippen LogP contribution in [0.4, 0.5) is 0 Å². The number of carbonyl (C=O) groups is 1. The Morgan fingerprint density at radius 1 is 1.41 bits per heavy atom. The maximum Gasteiger partial charge on any atom is 0.274 e. The first-order valence-corrected chi connectivity index (χ1v) is 5.95. The first-order chi connectivity index (χ1) is 8.06. The minimum Gasteiger partial charge on any atom is -0.480 e. The van der Waals surface area contributed by atoms with Gasteiger partial charge in [-0.3, -0.25) is 10.2 Å². The molecule has 0 bridgehead atoms. The van der Waals surface area contributed by atoms with E-state index in [2.05, 4.69) is 5.43 Å². The Hall–Kier alpha value is -0.970. The first-order valence-electron chi connectivity index (χ1n) is 5.20. The van der Waals surface area contributed by atoms with Crippen LogP contribution in [0.3, 0.4) is 0 Å². The fourth-order valence-corrected chi connectivity index (χ4v) is 1.87. The van der Waals surface area contributed by atoms with E-state index in [0.29, 0.717) is 22.2 Å². The predicted octanol–water partition coefficient (Wildman–Crippen LogP) is 2.53. The van der Waals surface area contributed by atoms with E-state index in [1.807, 2.05) is 6.92 Å². The van der Waals surface area contributed by atoms with Gasteiger partial charge < -0.3 is 4.74 Å². The van der Waals surface area contributed by atoms with Gasteiger partial charge in [-0.1, -0.05) is 36.5 Å². The Labute approximate surface area is 110 Å². The highest BCUT2D eigenvalue weighted by Crippen LogP contribution is 2.25. The molecule has 1 rings (SSSR count). The summed E-state index contributed by atoms with van der Waals surface area (Å²) < 4.78 is 5.51. The van der Waals surface area contributed by atoms with Crippen LogP contribution in [0.25, 0.3) is 0 Å². The number of benzene rings is 1. The number of rotatable bonds is 5. The van der Waals surface area contributed by atoms with Crippen molar-refractivity contribution in [1.82, 2.24) is 5.43 Å². The minimum atomic E-state index is -0.639. The van der Waals surface area contributed by atoms with Crippen molar-refractivity contribution >= 4 is 29.1 Å². The summed E-state index contributed by atoms with van der Waals surface area (Å²) in [7, 11) is 0. The molecule has 1 aromatic carbocycles. The van der Waals surface area contributed by atoms with Crippen molar-refractivity contribution in [3.63, 3.8) is 0 Å². The zero-order valence-corrected chi connectivity index (χ0v) is 10.9. The highest BCUT2D eigenvalue weighted by atomic mass is 35.5. The summed E-state index contributed by atoms with van der Waals surface area (Å²) in [6.07, 6.45) is 0.721. The van der Waals surface area contributed by atoms with Crippen LogP contribution in [-0.2, 0) is 4.79 Å². The van der Waals surface area contributed by atoms with Crippen molar-refractivity contribution in [3.8, 4) is 5.75 Å². The second-order valence-electron chi connectivity index (χ2n) is 3.51. The van der Waals surface area contributed by atoms with Crippen molar-refractivity contribution in [2.24, 2.45) is 5.84 Å². The minimum absolute atomic E-state index is 0.372. The molecule has 4 nitrogen and oxygen atoms in total. The summed E-state index contributed by atoms with van der Waals surface area (Å²) in [5.41, 5.74) is 2.07. The first kappa shape index (κ1) is 14.1. The Morgan fingerprint density at radius 3 is 2.47 bits per heavy atom. The van der Waals surface area contributed by atoms with Gasteiger partial charge in [0.05, 0.1) is 0 Å². The quantitative estimate of drug-likeness (QED) is 0.494. The fourth-order valence-electron chi connectivity index (χ4n) is 1.36. The molecule has 0 aromatic heterocycles. The van der Waals surface area contributed by atoms with Crippen molar-refractivity contribution in [2.45, 2.75) is 25.9 Å². The lowest BCUT2D eigenvalue weighted by atomic mass is 10.2. The van der Waals surface area contributed by atoms with Crippen LogP contribution in [-0.4, -0.2) is 12.0 Å². The Bertz CT molecular complexity index is 379. The molecule has 0 aliphatic heterocycles. The molecule has 1 amide bonds. The molecule has 94 valence electrons. The van der Waals surface area contributed by atoms with Crippen LogP contribution in [0.15, 0.2) is 18.2 Å². The monoisotopic (exact) mass is 276 g/mol. The van der Waals surface area contributed by atoms with Crippen molar-refractivity contribution in [1.29, 1.82) is 0 Å².